The Bertz CT molecular complexity index is 1120. The van der Waals surface area contributed by atoms with E-state index in [0.717, 1.165) is 29.7 Å². The summed E-state index contributed by atoms with van der Waals surface area (Å²) in [5.41, 5.74) is 3.30. The number of carbonyl (C=O) groups is 4. The second-order valence-electron chi connectivity index (χ2n) is 8.50. The molecule has 0 saturated carbocycles. The highest BCUT2D eigenvalue weighted by Gasteiger charge is 2.47. The summed E-state index contributed by atoms with van der Waals surface area (Å²) >= 11 is 0. The van der Waals surface area contributed by atoms with Gasteiger partial charge in [0.2, 0.25) is 11.8 Å². The molecule has 0 unspecified atom stereocenters. The van der Waals surface area contributed by atoms with Crippen molar-refractivity contribution in [1.29, 1.82) is 0 Å². The maximum absolute atomic E-state index is 12.8. The number of amides is 3. The van der Waals surface area contributed by atoms with Crippen LogP contribution in [0.15, 0.2) is 54.6 Å². The molecule has 0 aromatic heterocycles. The molecule has 0 bridgehead atoms. The third kappa shape index (κ3) is 4.51. The minimum atomic E-state index is -0.699. The number of carbonyl (C=O) groups excluding carboxylic acids is 4. The van der Waals surface area contributed by atoms with E-state index >= 15 is 0 Å². The Kier molecular flexibility index (Phi) is 6.91. The number of allylic oxidation sites excluding steroid dienone is 2. The van der Waals surface area contributed by atoms with Crippen molar-refractivity contribution >= 4 is 35.1 Å². The summed E-state index contributed by atoms with van der Waals surface area (Å²) in [4.78, 5) is 51.9. The van der Waals surface area contributed by atoms with Gasteiger partial charge in [0.25, 0.3) is 5.91 Å². The smallest absolute Gasteiger partial charge is 0.338 e. The molecule has 1 fully saturated rings. The summed E-state index contributed by atoms with van der Waals surface area (Å²) in [5, 5.41) is 2.86. The molecular weight excluding hydrogens is 432 g/mol. The van der Waals surface area contributed by atoms with Gasteiger partial charge in [-0.3, -0.25) is 19.3 Å². The Labute approximate surface area is 198 Å². The van der Waals surface area contributed by atoms with Crippen molar-refractivity contribution in [1.82, 2.24) is 0 Å². The molecule has 1 aliphatic heterocycles. The van der Waals surface area contributed by atoms with Crippen LogP contribution in [0.25, 0.3) is 0 Å². The van der Waals surface area contributed by atoms with E-state index in [4.69, 9.17) is 4.74 Å². The summed E-state index contributed by atoms with van der Waals surface area (Å²) in [7, 11) is 0. The number of esters is 1. The van der Waals surface area contributed by atoms with Gasteiger partial charge in [-0.1, -0.05) is 50.3 Å². The van der Waals surface area contributed by atoms with Crippen LogP contribution in [-0.4, -0.2) is 30.3 Å². The predicted molar refractivity (Wildman–Crippen MR) is 128 cm³/mol. The first-order valence-corrected chi connectivity index (χ1v) is 11.6. The molecule has 1 saturated heterocycles. The molecule has 0 radical (unpaired) electrons. The number of hydrogen-bond donors (Lipinski definition) is 1. The molecule has 34 heavy (non-hydrogen) atoms. The third-order valence-corrected chi connectivity index (χ3v) is 6.45. The number of hydrogen-bond acceptors (Lipinski definition) is 5. The SMILES string of the molecule is CCc1cccc(CC)c1NC(=O)COC(=O)c1cccc(N2C(=O)[C@@H]3CC=CC[C@H]3C2=O)c1. The number of ether oxygens (including phenoxy) is 1. The van der Waals surface area contributed by atoms with Gasteiger partial charge in [-0.15, -0.1) is 0 Å². The number of rotatable bonds is 7. The zero-order valence-corrected chi connectivity index (χ0v) is 19.4. The molecule has 176 valence electrons. The lowest BCUT2D eigenvalue weighted by Crippen LogP contribution is -2.31. The fraction of sp³-hybridized carbons (Fsp3) is 0.333. The molecular formula is C27H28N2O5. The highest BCUT2D eigenvalue weighted by atomic mass is 16.5. The first-order valence-electron chi connectivity index (χ1n) is 11.6. The summed E-state index contributed by atoms with van der Waals surface area (Å²) in [6, 6.07) is 12.1. The fourth-order valence-corrected chi connectivity index (χ4v) is 4.62. The van der Waals surface area contributed by atoms with E-state index in [1.807, 2.05) is 44.2 Å². The first kappa shape index (κ1) is 23.4. The second kappa shape index (κ2) is 10.0. The first-order chi connectivity index (χ1) is 16.4. The van der Waals surface area contributed by atoms with Crippen LogP contribution < -0.4 is 10.2 Å². The van der Waals surface area contributed by atoms with Crippen LogP contribution in [-0.2, 0) is 32.0 Å². The second-order valence-corrected chi connectivity index (χ2v) is 8.50. The molecule has 7 heteroatoms. The molecule has 1 heterocycles. The number of aryl methyl sites for hydroxylation is 2. The van der Waals surface area contributed by atoms with Crippen molar-refractivity contribution in [3.63, 3.8) is 0 Å². The number of para-hydroxylation sites is 1. The van der Waals surface area contributed by atoms with Crippen molar-refractivity contribution in [3.05, 3.63) is 71.3 Å². The highest BCUT2D eigenvalue weighted by Crippen LogP contribution is 2.37. The van der Waals surface area contributed by atoms with E-state index in [1.165, 1.54) is 17.0 Å². The lowest BCUT2D eigenvalue weighted by atomic mass is 9.85. The van der Waals surface area contributed by atoms with Crippen LogP contribution >= 0.6 is 0 Å². The molecule has 7 nitrogen and oxygen atoms in total. The van der Waals surface area contributed by atoms with Gasteiger partial charge in [0.15, 0.2) is 6.61 Å². The van der Waals surface area contributed by atoms with E-state index in [9.17, 15) is 19.2 Å². The summed E-state index contributed by atoms with van der Waals surface area (Å²) in [5.74, 6) is -2.32. The Morgan fingerprint density at radius 3 is 2.12 bits per heavy atom. The van der Waals surface area contributed by atoms with Crippen molar-refractivity contribution in [2.24, 2.45) is 11.8 Å². The summed E-state index contributed by atoms with van der Waals surface area (Å²) in [6.07, 6.45) is 6.48. The number of imide groups is 1. The number of anilines is 2. The average Bonchev–Trinajstić information content (AvgIpc) is 3.12. The zero-order chi connectivity index (χ0) is 24.2. The summed E-state index contributed by atoms with van der Waals surface area (Å²) < 4.78 is 5.23. The number of nitrogens with zero attached hydrogens (tertiary/aromatic N) is 1. The van der Waals surface area contributed by atoms with Crippen LogP contribution in [0.3, 0.4) is 0 Å². The topological polar surface area (TPSA) is 92.8 Å². The Morgan fingerprint density at radius 2 is 1.53 bits per heavy atom. The van der Waals surface area contributed by atoms with Gasteiger partial charge < -0.3 is 10.1 Å². The lowest BCUT2D eigenvalue weighted by Gasteiger charge is -2.16. The molecule has 2 aromatic carbocycles. The molecule has 2 aromatic rings. The van der Waals surface area contributed by atoms with Crippen molar-refractivity contribution < 1.29 is 23.9 Å². The van der Waals surface area contributed by atoms with Gasteiger partial charge in [0.05, 0.1) is 23.1 Å². The maximum Gasteiger partial charge on any atom is 0.338 e. The monoisotopic (exact) mass is 460 g/mol. The van der Waals surface area contributed by atoms with Gasteiger partial charge >= 0.3 is 5.97 Å². The normalized spacial score (nSPS) is 19.2. The van der Waals surface area contributed by atoms with Crippen LogP contribution in [0.5, 0.6) is 0 Å². The van der Waals surface area contributed by atoms with Gasteiger partial charge in [0.1, 0.15) is 0 Å². The standard InChI is InChI=1S/C27H28N2O5/c1-3-17-9-7-10-18(4-2)24(17)28-23(30)16-34-27(33)19-11-8-12-20(15-19)29-25(31)21-13-5-6-14-22(21)26(29)32/h5-12,15,21-22H,3-4,13-14,16H2,1-2H3,(H,28,30)/t21-,22-/m1/s1. The maximum atomic E-state index is 12.8. The Hall–Kier alpha value is -3.74. The van der Waals surface area contributed by atoms with Gasteiger partial charge in [0, 0.05) is 5.69 Å². The molecule has 2 aliphatic rings. The Balaban J connectivity index is 1.42. The highest BCUT2D eigenvalue weighted by molar-refractivity contribution is 6.22. The minimum absolute atomic E-state index is 0.169. The largest absolute Gasteiger partial charge is 0.452 e. The van der Waals surface area contributed by atoms with Crippen LogP contribution in [0, 0.1) is 11.8 Å². The van der Waals surface area contributed by atoms with E-state index in [0.29, 0.717) is 18.5 Å². The minimum Gasteiger partial charge on any atom is -0.452 e. The fourth-order valence-electron chi connectivity index (χ4n) is 4.62. The lowest BCUT2D eigenvalue weighted by molar-refractivity contribution is -0.122. The average molecular weight is 461 g/mol. The van der Waals surface area contributed by atoms with E-state index < -0.39 is 18.5 Å². The number of benzene rings is 2. The Morgan fingerprint density at radius 1 is 0.941 bits per heavy atom. The molecule has 1 aliphatic carbocycles. The number of fused-ring (bicyclic) bond motifs is 1. The van der Waals surface area contributed by atoms with Crippen LogP contribution in [0.1, 0.15) is 48.2 Å². The predicted octanol–water partition coefficient (Wildman–Crippen LogP) is 4.06. The van der Waals surface area contributed by atoms with Crippen molar-refractivity contribution in [2.75, 3.05) is 16.8 Å². The number of nitrogens with one attached hydrogen (secondary N) is 1. The van der Waals surface area contributed by atoms with Gasteiger partial charge in [-0.05, 0) is 55.0 Å². The van der Waals surface area contributed by atoms with Gasteiger partial charge in [-0.2, -0.15) is 0 Å². The summed E-state index contributed by atoms with van der Waals surface area (Å²) in [6.45, 7) is 3.58. The third-order valence-electron chi connectivity index (χ3n) is 6.45. The molecule has 4 rings (SSSR count). The van der Waals surface area contributed by atoms with E-state index in [1.54, 1.807) is 12.1 Å². The molecule has 1 N–H and O–H groups in total. The van der Waals surface area contributed by atoms with E-state index in [-0.39, 0.29) is 29.2 Å². The molecule has 2 atom stereocenters. The van der Waals surface area contributed by atoms with Crippen LogP contribution in [0.4, 0.5) is 11.4 Å². The van der Waals surface area contributed by atoms with Crippen LogP contribution in [0.2, 0.25) is 0 Å². The zero-order valence-electron chi connectivity index (χ0n) is 19.4. The van der Waals surface area contributed by atoms with E-state index in [2.05, 4.69) is 5.32 Å². The molecule has 3 amide bonds. The quantitative estimate of drug-likeness (QED) is 0.382. The van der Waals surface area contributed by atoms with Crippen molar-refractivity contribution in [3.8, 4) is 0 Å². The van der Waals surface area contributed by atoms with Gasteiger partial charge in [-0.25, -0.2) is 4.79 Å². The molecule has 0 spiro atoms. The van der Waals surface area contributed by atoms with Crippen molar-refractivity contribution in [2.45, 2.75) is 39.5 Å².